The van der Waals surface area contributed by atoms with Gasteiger partial charge in [-0.05, 0) is 42.3 Å². The summed E-state index contributed by atoms with van der Waals surface area (Å²) in [7, 11) is 0. The van der Waals surface area contributed by atoms with Crippen LogP contribution in [0, 0.1) is 6.92 Å². The van der Waals surface area contributed by atoms with Crippen LogP contribution in [0.1, 0.15) is 16.7 Å². The quantitative estimate of drug-likeness (QED) is 0.629. The minimum absolute atomic E-state index is 0.517. The van der Waals surface area contributed by atoms with Crippen LogP contribution in [0.2, 0.25) is 0 Å². The molecule has 0 saturated heterocycles. The lowest BCUT2D eigenvalue weighted by Gasteiger charge is -2.08. The van der Waals surface area contributed by atoms with E-state index in [1.165, 1.54) is 23.9 Å². The van der Waals surface area contributed by atoms with E-state index in [0.717, 1.165) is 28.9 Å². The van der Waals surface area contributed by atoms with E-state index >= 15 is 0 Å². The molecule has 0 radical (unpaired) electrons. The lowest BCUT2D eigenvalue weighted by molar-refractivity contribution is -0.137. The van der Waals surface area contributed by atoms with E-state index in [2.05, 4.69) is 10.2 Å². The largest absolute Gasteiger partial charge is 0.416 e. The van der Waals surface area contributed by atoms with Gasteiger partial charge < -0.3 is 0 Å². The van der Waals surface area contributed by atoms with Crippen molar-refractivity contribution in [2.45, 2.75) is 24.0 Å². The van der Waals surface area contributed by atoms with E-state index in [9.17, 15) is 13.2 Å². The maximum absolute atomic E-state index is 12.6. The molecule has 0 aliphatic carbocycles. The zero-order valence-corrected chi connectivity index (χ0v) is 13.6. The topological polar surface area (TPSA) is 30.7 Å². The molecule has 0 unspecified atom stereocenters. The van der Waals surface area contributed by atoms with Crippen molar-refractivity contribution in [2.75, 3.05) is 0 Å². The van der Waals surface area contributed by atoms with Crippen molar-refractivity contribution in [3.8, 4) is 5.69 Å². The molecule has 1 heterocycles. The second-order valence-corrected chi connectivity index (χ2v) is 6.25. The maximum Gasteiger partial charge on any atom is 0.416 e. The average molecular weight is 349 g/mol. The lowest BCUT2D eigenvalue weighted by Crippen LogP contribution is -2.04. The number of halogens is 3. The van der Waals surface area contributed by atoms with E-state index in [0.29, 0.717) is 10.9 Å². The van der Waals surface area contributed by atoms with Gasteiger partial charge in [-0.25, -0.2) is 0 Å². The van der Waals surface area contributed by atoms with Crippen LogP contribution in [0.5, 0.6) is 0 Å². The summed E-state index contributed by atoms with van der Waals surface area (Å²) in [6, 6.07) is 13.1. The minimum atomic E-state index is -4.31. The summed E-state index contributed by atoms with van der Waals surface area (Å²) in [4.78, 5) is 0. The molecule has 0 atom stereocenters. The Morgan fingerprint density at radius 1 is 1.08 bits per heavy atom. The molecular formula is C17H14F3N3S. The summed E-state index contributed by atoms with van der Waals surface area (Å²) in [5, 5.41) is 8.72. The number of aromatic nitrogens is 3. The molecular weight excluding hydrogens is 335 g/mol. The molecule has 7 heteroatoms. The van der Waals surface area contributed by atoms with Crippen molar-refractivity contribution in [3.05, 3.63) is 71.5 Å². The summed E-state index contributed by atoms with van der Waals surface area (Å²) in [6.07, 6.45) is -2.68. The summed E-state index contributed by atoms with van der Waals surface area (Å²) in [5.41, 5.74) is 2.24. The molecule has 0 spiro atoms. The number of nitrogens with zero attached hydrogens (tertiary/aromatic N) is 3. The smallest absolute Gasteiger partial charge is 0.277 e. The number of hydrogen-bond acceptors (Lipinski definition) is 3. The number of aryl methyl sites for hydroxylation is 1. The molecule has 24 heavy (non-hydrogen) atoms. The fraction of sp³-hybridized carbons (Fsp3) is 0.176. The van der Waals surface area contributed by atoms with Crippen molar-refractivity contribution in [1.82, 2.24) is 14.8 Å². The number of thioether (sulfide) groups is 1. The third kappa shape index (κ3) is 3.79. The summed E-state index contributed by atoms with van der Waals surface area (Å²) in [6.45, 7) is 2.00. The van der Waals surface area contributed by atoms with Gasteiger partial charge >= 0.3 is 6.18 Å². The highest BCUT2D eigenvalue weighted by atomic mass is 32.2. The number of alkyl halides is 3. The highest BCUT2D eigenvalue weighted by molar-refractivity contribution is 7.98. The average Bonchev–Trinajstić information content (AvgIpc) is 3.01. The second kappa shape index (κ2) is 6.68. The van der Waals surface area contributed by atoms with Crippen LogP contribution in [0.4, 0.5) is 13.2 Å². The number of benzene rings is 2. The van der Waals surface area contributed by atoms with Gasteiger partial charge in [-0.2, -0.15) is 13.2 Å². The molecule has 0 bridgehead atoms. The van der Waals surface area contributed by atoms with E-state index in [1.807, 2.05) is 35.8 Å². The Morgan fingerprint density at radius 3 is 2.50 bits per heavy atom. The Labute approximate surface area is 141 Å². The Balaban J connectivity index is 1.73. The van der Waals surface area contributed by atoms with E-state index in [-0.39, 0.29) is 0 Å². The van der Waals surface area contributed by atoms with Gasteiger partial charge in [0.1, 0.15) is 6.33 Å². The Kier molecular flexibility index (Phi) is 4.62. The predicted molar refractivity (Wildman–Crippen MR) is 87.1 cm³/mol. The molecule has 0 amide bonds. The van der Waals surface area contributed by atoms with Gasteiger partial charge in [0.15, 0.2) is 5.16 Å². The van der Waals surface area contributed by atoms with Crippen molar-refractivity contribution < 1.29 is 13.2 Å². The van der Waals surface area contributed by atoms with Crippen LogP contribution in [-0.4, -0.2) is 14.8 Å². The van der Waals surface area contributed by atoms with Gasteiger partial charge in [0.2, 0.25) is 0 Å². The van der Waals surface area contributed by atoms with Crippen LogP contribution < -0.4 is 0 Å². The van der Waals surface area contributed by atoms with Crippen molar-refractivity contribution in [2.24, 2.45) is 0 Å². The van der Waals surface area contributed by atoms with E-state index in [1.54, 1.807) is 6.33 Å². The van der Waals surface area contributed by atoms with Gasteiger partial charge in [0.05, 0.1) is 5.56 Å². The monoisotopic (exact) mass is 349 g/mol. The first kappa shape index (κ1) is 16.6. The van der Waals surface area contributed by atoms with Crippen molar-refractivity contribution in [1.29, 1.82) is 0 Å². The first-order valence-electron chi connectivity index (χ1n) is 7.19. The zero-order valence-electron chi connectivity index (χ0n) is 12.8. The Morgan fingerprint density at radius 2 is 1.83 bits per heavy atom. The van der Waals surface area contributed by atoms with Gasteiger partial charge in [-0.3, -0.25) is 4.57 Å². The van der Waals surface area contributed by atoms with Crippen LogP contribution in [0.25, 0.3) is 5.69 Å². The second-order valence-electron chi connectivity index (χ2n) is 5.31. The Hall–Kier alpha value is -2.28. The van der Waals surface area contributed by atoms with Crippen molar-refractivity contribution in [3.63, 3.8) is 0 Å². The third-order valence-electron chi connectivity index (χ3n) is 3.45. The fourth-order valence-electron chi connectivity index (χ4n) is 2.22. The van der Waals surface area contributed by atoms with E-state index in [4.69, 9.17) is 0 Å². The maximum atomic E-state index is 12.6. The highest BCUT2D eigenvalue weighted by Gasteiger charge is 2.29. The van der Waals surface area contributed by atoms with Crippen LogP contribution in [-0.2, 0) is 11.9 Å². The van der Waals surface area contributed by atoms with Gasteiger partial charge in [0, 0.05) is 11.4 Å². The SMILES string of the molecule is Cc1cccc(-n2cnnc2SCc2ccc(C(F)(F)F)cc2)c1. The summed E-state index contributed by atoms with van der Waals surface area (Å²) < 4.78 is 39.6. The first-order chi connectivity index (χ1) is 11.4. The van der Waals surface area contributed by atoms with Gasteiger partial charge in [0.25, 0.3) is 0 Å². The van der Waals surface area contributed by atoms with Crippen LogP contribution >= 0.6 is 11.8 Å². The van der Waals surface area contributed by atoms with Crippen molar-refractivity contribution >= 4 is 11.8 Å². The standard InChI is InChI=1S/C17H14F3N3S/c1-12-3-2-4-15(9-12)23-11-21-22-16(23)24-10-13-5-7-14(8-6-13)17(18,19)20/h2-9,11H,10H2,1H3. The zero-order chi connectivity index (χ0) is 17.2. The predicted octanol–water partition coefficient (Wildman–Crippen LogP) is 4.89. The molecule has 3 rings (SSSR count). The Bertz CT molecular complexity index is 826. The van der Waals surface area contributed by atoms with Gasteiger partial charge in [-0.1, -0.05) is 36.0 Å². The molecule has 1 aromatic heterocycles. The molecule has 0 aliphatic heterocycles. The number of hydrogen-bond donors (Lipinski definition) is 0. The molecule has 3 aromatic rings. The fourth-order valence-corrected chi connectivity index (χ4v) is 3.10. The molecule has 0 N–H and O–H groups in total. The first-order valence-corrected chi connectivity index (χ1v) is 8.18. The third-order valence-corrected chi connectivity index (χ3v) is 4.46. The lowest BCUT2D eigenvalue weighted by atomic mass is 10.1. The summed E-state index contributed by atoms with van der Waals surface area (Å²) >= 11 is 1.43. The van der Waals surface area contributed by atoms with Crippen LogP contribution in [0.15, 0.2) is 60.0 Å². The molecule has 2 aromatic carbocycles. The van der Waals surface area contributed by atoms with Gasteiger partial charge in [-0.15, -0.1) is 10.2 Å². The minimum Gasteiger partial charge on any atom is -0.277 e. The van der Waals surface area contributed by atoms with Crippen LogP contribution in [0.3, 0.4) is 0 Å². The molecule has 3 nitrogen and oxygen atoms in total. The molecule has 124 valence electrons. The number of rotatable bonds is 4. The highest BCUT2D eigenvalue weighted by Crippen LogP contribution is 2.30. The molecule has 0 aliphatic rings. The van der Waals surface area contributed by atoms with E-state index < -0.39 is 11.7 Å². The molecule has 0 fully saturated rings. The normalized spacial score (nSPS) is 11.7. The summed E-state index contributed by atoms with van der Waals surface area (Å²) in [5.74, 6) is 0.517. The molecule has 0 saturated carbocycles.